The van der Waals surface area contributed by atoms with Gasteiger partial charge in [0.15, 0.2) is 5.13 Å². The van der Waals surface area contributed by atoms with Crippen molar-refractivity contribution < 1.29 is 13.2 Å². The summed E-state index contributed by atoms with van der Waals surface area (Å²) in [7, 11) is -1.63. The van der Waals surface area contributed by atoms with Crippen molar-refractivity contribution in [3.63, 3.8) is 0 Å². The maximum absolute atomic E-state index is 11.4. The summed E-state index contributed by atoms with van der Waals surface area (Å²) in [6.07, 6.45) is 2.41. The summed E-state index contributed by atoms with van der Waals surface area (Å²) >= 11 is 1.35. The Morgan fingerprint density at radius 2 is 2.00 bits per heavy atom. The van der Waals surface area contributed by atoms with Gasteiger partial charge in [0.1, 0.15) is 5.75 Å². The van der Waals surface area contributed by atoms with E-state index in [9.17, 15) is 8.42 Å². The number of aromatic nitrogens is 1. The Balaban J connectivity index is 2.05. The lowest BCUT2D eigenvalue weighted by molar-refractivity contribution is 0.414. The Bertz CT molecular complexity index is 663. The molecule has 1 aromatic carbocycles. The molecule has 1 N–H and O–H groups in total. The number of thiazole rings is 1. The second kappa shape index (κ2) is 6.23. The van der Waals surface area contributed by atoms with Crippen molar-refractivity contribution in [1.29, 1.82) is 0 Å². The number of benzene rings is 1. The third kappa shape index (κ3) is 3.94. The van der Waals surface area contributed by atoms with Crippen molar-refractivity contribution in [1.82, 2.24) is 4.98 Å². The Hall–Kier alpha value is -1.60. The maximum Gasteiger partial charge on any atom is 0.234 e. The molecule has 0 radical (unpaired) electrons. The zero-order valence-electron chi connectivity index (χ0n) is 11.3. The van der Waals surface area contributed by atoms with E-state index in [1.165, 1.54) is 11.3 Å². The van der Waals surface area contributed by atoms with Crippen LogP contribution in [0.5, 0.6) is 5.75 Å². The van der Waals surface area contributed by atoms with Gasteiger partial charge in [0.2, 0.25) is 10.0 Å². The van der Waals surface area contributed by atoms with Gasteiger partial charge in [-0.1, -0.05) is 12.1 Å². The topological polar surface area (TPSA) is 68.3 Å². The van der Waals surface area contributed by atoms with Gasteiger partial charge < -0.3 is 4.74 Å². The van der Waals surface area contributed by atoms with Gasteiger partial charge in [-0.15, -0.1) is 11.3 Å². The van der Waals surface area contributed by atoms with Crippen molar-refractivity contribution in [3.8, 4) is 5.75 Å². The van der Waals surface area contributed by atoms with Crippen LogP contribution in [0.15, 0.2) is 30.5 Å². The number of hydrogen-bond acceptors (Lipinski definition) is 5. The highest BCUT2D eigenvalue weighted by Gasteiger charge is 2.10. The minimum atomic E-state index is -3.26. The summed E-state index contributed by atoms with van der Waals surface area (Å²) in [5.41, 5.74) is 1.12. The molecule has 108 valence electrons. The molecule has 0 saturated heterocycles. The van der Waals surface area contributed by atoms with E-state index < -0.39 is 10.0 Å². The Morgan fingerprint density at radius 1 is 1.30 bits per heavy atom. The first-order chi connectivity index (χ1) is 9.52. The van der Waals surface area contributed by atoms with Crippen LogP contribution < -0.4 is 9.46 Å². The summed E-state index contributed by atoms with van der Waals surface area (Å²) in [6, 6.07) is 7.76. The largest absolute Gasteiger partial charge is 0.497 e. The third-order valence-corrected chi connectivity index (χ3v) is 5.02. The molecule has 1 heterocycles. The summed E-state index contributed by atoms with van der Waals surface area (Å²) in [5, 5.41) is 0.412. The molecule has 0 bridgehead atoms. The van der Waals surface area contributed by atoms with Crippen LogP contribution in [0, 0.1) is 0 Å². The molecule has 2 aromatic rings. The monoisotopic (exact) mass is 312 g/mol. The normalized spacial score (nSPS) is 11.3. The van der Waals surface area contributed by atoms with Crippen LogP contribution in [0.25, 0.3) is 0 Å². The first-order valence-electron chi connectivity index (χ1n) is 6.10. The molecule has 0 atom stereocenters. The fourth-order valence-electron chi connectivity index (χ4n) is 1.59. The van der Waals surface area contributed by atoms with Crippen LogP contribution in [0.1, 0.15) is 17.4 Å². The zero-order chi connectivity index (χ0) is 14.6. The quantitative estimate of drug-likeness (QED) is 0.890. The van der Waals surface area contributed by atoms with E-state index >= 15 is 0 Å². The van der Waals surface area contributed by atoms with E-state index in [-0.39, 0.29) is 5.75 Å². The molecule has 0 aliphatic heterocycles. The third-order valence-electron chi connectivity index (χ3n) is 2.71. The lowest BCUT2D eigenvalue weighted by atomic mass is 10.1. The van der Waals surface area contributed by atoms with Crippen LogP contribution in [-0.4, -0.2) is 26.3 Å². The molecule has 0 unspecified atom stereocenters. The lowest BCUT2D eigenvalue weighted by Gasteiger charge is -2.02. The van der Waals surface area contributed by atoms with Gasteiger partial charge in [0.25, 0.3) is 0 Å². The molecule has 0 aliphatic carbocycles. The molecule has 0 saturated carbocycles. The Morgan fingerprint density at radius 3 is 2.60 bits per heavy atom. The van der Waals surface area contributed by atoms with E-state index in [4.69, 9.17) is 4.74 Å². The van der Waals surface area contributed by atoms with Crippen LogP contribution in [0.2, 0.25) is 0 Å². The molecule has 7 heteroatoms. The van der Waals surface area contributed by atoms with Gasteiger partial charge >= 0.3 is 0 Å². The molecule has 0 amide bonds. The zero-order valence-corrected chi connectivity index (χ0v) is 12.9. The van der Waals surface area contributed by atoms with Gasteiger partial charge in [-0.05, 0) is 24.6 Å². The predicted molar refractivity (Wildman–Crippen MR) is 81.0 cm³/mol. The second-order valence-electron chi connectivity index (χ2n) is 4.16. The second-order valence-corrected chi connectivity index (χ2v) is 7.29. The van der Waals surface area contributed by atoms with Crippen molar-refractivity contribution >= 4 is 26.5 Å². The van der Waals surface area contributed by atoms with Crippen LogP contribution in [0.4, 0.5) is 5.13 Å². The molecule has 1 aromatic heterocycles. The van der Waals surface area contributed by atoms with Gasteiger partial charge in [-0.25, -0.2) is 13.4 Å². The van der Waals surface area contributed by atoms with E-state index in [2.05, 4.69) is 9.71 Å². The number of anilines is 1. The first kappa shape index (κ1) is 14.8. The number of nitrogens with one attached hydrogen (secondary N) is 1. The summed E-state index contributed by atoms with van der Waals surface area (Å²) < 4.78 is 30.5. The van der Waals surface area contributed by atoms with Crippen molar-refractivity contribution in [2.24, 2.45) is 0 Å². The highest BCUT2D eigenvalue weighted by molar-refractivity contribution is 7.92. The number of rotatable bonds is 6. The van der Waals surface area contributed by atoms with E-state index in [1.54, 1.807) is 20.2 Å². The van der Waals surface area contributed by atoms with Gasteiger partial charge in [-0.3, -0.25) is 4.72 Å². The molecular formula is C13H16N2O3S2. The molecule has 0 aliphatic rings. The molecule has 0 spiro atoms. The van der Waals surface area contributed by atoms with Gasteiger partial charge in [0.05, 0.1) is 12.9 Å². The van der Waals surface area contributed by atoms with Crippen LogP contribution in [-0.2, 0) is 16.4 Å². The van der Waals surface area contributed by atoms with Crippen molar-refractivity contribution in [2.75, 3.05) is 17.6 Å². The fourth-order valence-corrected chi connectivity index (χ4v) is 3.29. The van der Waals surface area contributed by atoms with Crippen LogP contribution in [0.3, 0.4) is 0 Å². The fraction of sp³-hybridized carbons (Fsp3) is 0.308. The summed E-state index contributed by atoms with van der Waals surface area (Å²) in [6.45, 7) is 1.59. The van der Waals surface area contributed by atoms with Gasteiger partial charge in [-0.2, -0.15) is 0 Å². The van der Waals surface area contributed by atoms with E-state index in [0.29, 0.717) is 5.13 Å². The number of ether oxygens (including phenoxy) is 1. The highest BCUT2D eigenvalue weighted by atomic mass is 32.2. The minimum absolute atomic E-state index is 0.0421. The van der Waals surface area contributed by atoms with Gasteiger partial charge in [0, 0.05) is 17.5 Å². The number of hydrogen-bond donors (Lipinski definition) is 1. The van der Waals surface area contributed by atoms with Crippen molar-refractivity contribution in [2.45, 2.75) is 13.3 Å². The Labute approximate surface area is 122 Å². The minimum Gasteiger partial charge on any atom is -0.497 e. The average molecular weight is 312 g/mol. The first-order valence-corrected chi connectivity index (χ1v) is 8.57. The van der Waals surface area contributed by atoms with E-state index in [0.717, 1.165) is 22.6 Å². The molecule has 2 rings (SSSR count). The smallest absolute Gasteiger partial charge is 0.234 e. The summed E-state index contributed by atoms with van der Waals surface area (Å²) in [4.78, 5) is 5.09. The SMILES string of the molecule is CCS(=O)(=O)Nc1ncc(Cc2ccc(OC)cc2)s1. The standard InChI is InChI=1S/C13H16N2O3S2/c1-3-20(16,17)15-13-14-9-12(19-13)8-10-4-6-11(18-2)7-5-10/h4-7,9H,3,8H2,1-2H3,(H,14,15). The number of sulfonamides is 1. The van der Waals surface area contributed by atoms with Crippen molar-refractivity contribution in [3.05, 3.63) is 40.9 Å². The Kier molecular flexibility index (Phi) is 4.61. The molecule has 0 fully saturated rings. The number of nitrogens with zero attached hydrogens (tertiary/aromatic N) is 1. The molecular weight excluding hydrogens is 296 g/mol. The maximum atomic E-state index is 11.4. The lowest BCUT2D eigenvalue weighted by Crippen LogP contribution is -2.14. The summed E-state index contributed by atoms with van der Waals surface area (Å²) in [5.74, 6) is 0.856. The van der Waals surface area contributed by atoms with E-state index in [1.807, 2.05) is 24.3 Å². The number of methoxy groups -OCH3 is 1. The highest BCUT2D eigenvalue weighted by Crippen LogP contribution is 2.23. The molecule has 20 heavy (non-hydrogen) atoms. The average Bonchev–Trinajstić information content (AvgIpc) is 2.86. The molecule has 5 nitrogen and oxygen atoms in total. The predicted octanol–water partition coefficient (Wildman–Crippen LogP) is 2.50. The van der Waals surface area contributed by atoms with Crippen LogP contribution >= 0.6 is 11.3 Å².